The standard InChI is InChI=1S/C29H32F2N6O4S3/c1-17(2)28-35-26(18-8-13-21(30)24(16-18)37-44(40,41)25-7-5-4-6-22(25)31)27(42-28)23-14-15-32-29(34-23)33-19-9-11-20(12-10-19)36-43(3,38)39/h4-8,13-17,19-20,36-37H,9-12H2,1-3H3,(H,32,33,34). The maximum atomic E-state index is 14.9. The van der Waals surface area contributed by atoms with E-state index in [1.54, 1.807) is 12.3 Å². The molecule has 1 fully saturated rings. The van der Waals surface area contributed by atoms with Crippen LogP contribution in [0.4, 0.5) is 20.4 Å². The van der Waals surface area contributed by atoms with Crippen molar-refractivity contribution in [2.75, 3.05) is 16.3 Å². The van der Waals surface area contributed by atoms with Crippen LogP contribution in [-0.4, -0.2) is 50.1 Å². The van der Waals surface area contributed by atoms with Crippen LogP contribution in [0.3, 0.4) is 0 Å². The summed E-state index contributed by atoms with van der Waals surface area (Å²) < 4.78 is 82.9. The first-order valence-electron chi connectivity index (χ1n) is 13.9. The van der Waals surface area contributed by atoms with Crippen molar-refractivity contribution in [3.05, 3.63) is 71.4 Å². The fourth-order valence-corrected chi connectivity index (χ4v) is 8.00. The van der Waals surface area contributed by atoms with E-state index < -0.39 is 36.6 Å². The van der Waals surface area contributed by atoms with Crippen LogP contribution in [0.1, 0.15) is 50.5 Å². The largest absolute Gasteiger partial charge is 0.351 e. The van der Waals surface area contributed by atoms with E-state index in [2.05, 4.69) is 19.7 Å². The molecule has 0 spiro atoms. The van der Waals surface area contributed by atoms with Gasteiger partial charge in [0.15, 0.2) is 0 Å². The Morgan fingerprint density at radius 2 is 1.61 bits per heavy atom. The van der Waals surface area contributed by atoms with E-state index >= 15 is 0 Å². The van der Waals surface area contributed by atoms with E-state index in [0.29, 0.717) is 40.6 Å². The van der Waals surface area contributed by atoms with Crippen molar-refractivity contribution >= 4 is 43.0 Å². The quantitative estimate of drug-likeness (QED) is 0.195. The fraction of sp³-hybridized carbons (Fsp3) is 0.345. The number of aromatic nitrogens is 3. The summed E-state index contributed by atoms with van der Waals surface area (Å²) >= 11 is 1.42. The number of thiazole rings is 1. The highest BCUT2D eigenvalue weighted by molar-refractivity contribution is 7.92. The highest BCUT2D eigenvalue weighted by atomic mass is 32.2. The van der Waals surface area contributed by atoms with Gasteiger partial charge in [-0.05, 0) is 62.1 Å². The second-order valence-electron chi connectivity index (χ2n) is 11.0. The number of rotatable bonds is 10. The summed E-state index contributed by atoms with van der Waals surface area (Å²) in [5.74, 6) is -1.30. The molecular weight excluding hydrogens is 631 g/mol. The molecule has 5 rings (SSSR count). The molecule has 0 bridgehead atoms. The van der Waals surface area contributed by atoms with Gasteiger partial charge in [0.1, 0.15) is 16.5 Å². The van der Waals surface area contributed by atoms with Gasteiger partial charge in [-0.15, -0.1) is 11.3 Å². The Hall–Kier alpha value is -3.53. The monoisotopic (exact) mass is 662 g/mol. The molecule has 1 aliphatic carbocycles. The molecule has 0 radical (unpaired) electrons. The van der Waals surface area contributed by atoms with E-state index in [9.17, 15) is 25.6 Å². The zero-order chi connectivity index (χ0) is 31.6. The van der Waals surface area contributed by atoms with Crippen LogP contribution in [0.5, 0.6) is 0 Å². The van der Waals surface area contributed by atoms with Gasteiger partial charge >= 0.3 is 0 Å². The van der Waals surface area contributed by atoms with Gasteiger partial charge in [-0.2, -0.15) is 0 Å². The predicted octanol–water partition coefficient (Wildman–Crippen LogP) is 5.74. The number of hydrogen-bond acceptors (Lipinski definition) is 9. The number of benzene rings is 2. The molecule has 4 aromatic rings. The molecule has 0 atom stereocenters. The Morgan fingerprint density at radius 3 is 2.30 bits per heavy atom. The van der Waals surface area contributed by atoms with Crippen molar-refractivity contribution in [1.29, 1.82) is 0 Å². The first-order chi connectivity index (χ1) is 20.8. The predicted molar refractivity (Wildman–Crippen MR) is 167 cm³/mol. The highest BCUT2D eigenvalue weighted by Gasteiger charge is 2.25. The minimum absolute atomic E-state index is 0.0668. The molecule has 1 saturated carbocycles. The lowest BCUT2D eigenvalue weighted by molar-refractivity contribution is 0.387. The number of halogens is 2. The fourth-order valence-electron chi connectivity index (χ4n) is 4.96. The summed E-state index contributed by atoms with van der Waals surface area (Å²) in [7, 11) is -7.68. The SMILES string of the molecule is CC(C)c1nc(-c2ccc(F)c(NS(=O)(=O)c3ccccc3F)c2)c(-c2ccnc(NC3CCC(NS(C)(=O)=O)CC3)n2)s1. The van der Waals surface area contributed by atoms with E-state index in [1.165, 1.54) is 35.6 Å². The second-order valence-corrected chi connectivity index (χ2v) is 15.4. The van der Waals surface area contributed by atoms with Gasteiger partial charge < -0.3 is 5.32 Å². The van der Waals surface area contributed by atoms with E-state index in [-0.39, 0.29) is 23.7 Å². The maximum absolute atomic E-state index is 14.9. The first-order valence-corrected chi connectivity index (χ1v) is 18.1. The molecule has 10 nitrogen and oxygen atoms in total. The number of hydrogen-bond donors (Lipinski definition) is 3. The Kier molecular flexibility index (Phi) is 9.30. The zero-order valence-electron chi connectivity index (χ0n) is 24.2. The molecule has 2 aromatic carbocycles. The average Bonchev–Trinajstić information content (AvgIpc) is 3.41. The normalized spacial score (nSPS) is 17.5. The van der Waals surface area contributed by atoms with Crippen LogP contribution in [0, 0.1) is 11.6 Å². The third kappa shape index (κ3) is 7.57. The number of anilines is 2. The number of sulfonamides is 2. The van der Waals surface area contributed by atoms with E-state index in [4.69, 9.17) is 9.97 Å². The van der Waals surface area contributed by atoms with Crippen LogP contribution in [-0.2, 0) is 20.0 Å². The second kappa shape index (κ2) is 12.8. The van der Waals surface area contributed by atoms with Crippen molar-refractivity contribution in [2.24, 2.45) is 0 Å². The summed E-state index contributed by atoms with van der Waals surface area (Å²) in [6.45, 7) is 3.99. The highest BCUT2D eigenvalue weighted by Crippen LogP contribution is 2.40. The Morgan fingerprint density at radius 1 is 0.909 bits per heavy atom. The molecule has 0 unspecified atom stereocenters. The van der Waals surface area contributed by atoms with Crippen LogP contribution < -0.4 is 14.8 Å². The topological polar surface area (TPSA) is 143 Å². The van der Waals surface area contributed by atoms with Crippen LogP contribution >= 0.6 is 11.3 Å². The molecule has 0 saturated heterocycles. The molecule has 3 N–H and O–H groups in total. The molecule has 0 amide bonds. The Balaban J connectivity index is 1.42. The molecule has 1 aliphatic rings. The summed E-state index contributed by atoms with van der Waals surface area (Å²) in [6, 6.07) is 10.5. The molecule has 44 heavy (non-hydrogen) atoms. The average molecular weight is 663 g/mol. The van der Waals surface area contributed by atoms with E-state index in [0.717, 1.165) is 42.3 Å². The van der Waals surface area contributed by atoms with Crippen molar-refractivity contribution in [3.8, 4) is 21.8 Å². The third-order valence-corrected chi connectivity index (χ3v) is 10.6. The molecule has 234 valence electrons. The Bertz CT molecular complexity index is 1880. The van der Waals surface area contributed by atoms with Gasteiger partial charge in [0.2, 0.25) is 16.0 Å². The lowest BCUT2D eigenvalue weighted by atomic mass is 9.92. The number of nitrogens with one attached hydrogen (secondary N) is 3. The Labute approximate surface area is 259 Å². The molecular formula is C29H32F2N6O4S3. The smallest absolute Gasteiger partial charge is 0.264 e. The summed E-state index contributed by atoms with van der Waals surface area (Å²) in [6.07, 6.45) is 5.64. The molecule has 2 heterocycles. The molecule has 2 aromatic heterocycles. The zero-order valence-corrected chi connectivity index (χ0v) is 26.7. The van der Waals surface area contributed by atoms with Crippen LogP contribution in [0.15, 0.2) is 59.6 Å². The molecule has 15 heteroatoms. The van der Waals surface area contributed by atoms with Gasteiger partial charge in [0.05, 0.1) is 33.2 Å². The van der Waals surface area contributed by atoms with Gasteiger partial charge in [-0.3, -0.25) is 4.72 Å². The van der Waals surface area contributed by atoms with Crippen LogP contribution in [0.2, 0.25) is 0 Å². The van der Waals surface area contributed by atoms with Crippen molar-refractivity contribution in [3.63, 3.8) is 0 Å². The van der Waals surface area contributed by atoms with Gasteiger partial charge in [-0.1, -0.05) is 26.0 Å². The first kappa shape index (κ1) is 31.9. The molecule has 0 aliphatic heterocycles. The summed E-state index contributed by atoms with van der Waals surface area (Å²) in [4.78, 5) is 14.0. The minimum Gasteiger partial charge on any atom is -0.351 e. The van der Waals surface area contributed by atoms with Gasteiger partial charge in [0, 0.05) is 29.8 Å². The lowest BCUT2D eigenvalue weighted by Crippen LogP contribution is -2.39. The van der Waals surface area contributed by atoms with Gasteiger partial charge in [-0.25, -0.2) is 45.3 Å². The van der Waals surface area contributed by atoms with Crippen molar-refractivity contribution < 1.29 is 25.6 Å². The van der Waals surface area contributed by atoms with Crippen molar-refractivity contribution in [2.45, 2.75) is 62.4 Å². The summed E-state index contributed by atoms with van der Waals surface area (Å²) in [5, 5.41) is 4.16. The maximum Gasteiger partial charge on any atom is 0.264 e. The minimum atomic E-state index is -4.41. The van der Waals surface area contributed by atoms with Crippen LogP contribution in [0.25, 0.3) is 21.8 Å². The summed E-state index contributed by atoms with van der Waals surface area (Å²) in [5.41, 5.74) is 1.16. The van der Waals surface area contributed by atoms with Gasteiger partial charge in [0.25, 0.3) is 10.0 Å². The van der Waals surface area contributed by atoms with Crippen molar-refractivity contribution in [1.82, 2.24) is 19.7 Å². The lowest BCUT2D eigenvalue weighted by Gasteiger charge is -2.29. The number of nitrogens with zero attached hydrogens (tertiary/aromatic N) is 3. The van der Waals surface area contributed by atoms with E-state index in [1.807, 2.05) is 13.8 Å². The third-order valence-electron chi connectivity index (χ3n) is 7.08.